The summed E-state index contributed by atoms with van der Waals surface area (Å²) in [6.07, 6.45) is 1.23. The first-order valence-corrected chi connectivity index (χ1v) is 5.37. The van der Waals surface area contributed by atoms with Gasteiger partial charge >= 0.3 is 5.97 Å². The molecule has 18 heavy (non-hydrogen) atoms. The molecule has 1 aromatic rings. The zero-order valence-corrected chi connectivity index (χ0v) is 9.76. The Bertz CT molecular complexity index is 506. The van der Waals surface area contributed by atoms with Gasteiger partial charge in [0.1, 0.15) is 5.56 Å². The summed E-state index contributed by atoms with van der Waals surface area (Å²) in [4.78, 5) is 29.1. The molecule has 0 aromatic carbocycles. The van der Waals surface area contributed by atoms with Gasteiger partial charge in [-0.15, -0.1) is 0 Å². The lowest BCUT2D eigenvalue weighted by Gasteiger charge is -2.32. The third kappa shape index (κ3) is 2.11. The van der Waals surface area contributed by atoms with Crippen LogP contribution in [0.3, 0.4) is 0 Å². The fourth-order valence-electron chi connectivity index (χ4n) is 1.76. The largest absolute Gasteiger partial charge is 0.478 e. The van der Waals surface area contributed by atoms with Crippen LogP contribution >= 0.6 is 0 Å². The molecule has 0 radical (unpaired) electrons. The van der Waals surface area contributed by atoms with Crippen LogP contribution in [0.1, 0.15) is 10.4 Å². The van der Waals surface area contributed by atoms with Gasteiger partial charge < -0.3 is 14.9 Å². The first-order valence-electron chi connectivity index (χ1n) is 5.37. The number of carbonyl (C=O) groups excluding carboxylic acids is 1. The topological polar surface area (TPSA) is 73.7 Å². The van der Waals surface area contributed by atoms with Crippen LogP contribution in [-0.2, 0) is 4.79 Å². The fraction of sp³-hybridized carbons (Fsp3) is 0.364. The molecule has 1 amide bonds. The summed E-state index contributed by atoms with van der Waals surface area (Å²) in [6.45, 7) is 0.885. The Balaban J connectivity index is 2.32. The number of carboxylic acid groups (broad SMARTS) is 1. The summed E-state index contributed by atoms with van der Waals surface area (Å²) in [5.74, 6) is -2.49. The van der Waals surface area contributed by atoms with Crippen LogP contribution in [0.15, 0.2) is 12.3 Å². The van der Waals surface area contributed by atoms with Gasteiger partial charge in [0.15, 0.2) is 11.6 Å². The Morgan fingerprint density at radius 3 is 2.83 bits per heavy atom. The number of aromatic nitrogens is 1. The van der Waals surface area contributed by atoms with Gasteiger partial charge in [0.25, 0.3) is 0 Å². The smallest absolute Gasteiger partial charge is 0.338 e. The van der Waals surface area contributed by atoms with Gasteiger partial charge in [-0.1, -0.05) is 0 Å². The predicted molar refractivity (Wildman–Crippen MR) is 61.0 cm³/mol. The van der Waals surface area contributed by atoms with E-state index in [-0.39, 0.29) is 18.3 Å². The highest BCUT2D eigenvalue weighted by Crippen LogP contribution is 2.20. The number of hydrogen-bond donors (Lipinski definition) is 1. The SMILES string of the molecule is CN1CCN(c2nccc(C(=O)O)c2F)CC1=O. The van der Waals surface area contributed by atoms with Crippen molar-refractivity contribution in [3.05, 3.63) is 23.6 Å². The normalized spacial score (nSPS) is 16.0. The van der Waals surface area contributed by atoms with Gasteiger partial charge in [-0.25, -0.2) is 14.2 Å². The summed E-state index contributed by atoms with van der Waals surface area (Å²) in [5.41, 5.74) is -0.439. The van der Waals surface area contributed by atoms with E-state index in [1.165, 1.54) is 16.0 Å². The van der Waals surface area contributed by atoms with Crippen LogP contribution in [0.4, 0.5) is 10.2 Å². The van der Waals surface area contributed by atoms with E-state index in [4.69, 9.17) is 5.11 Å². The number of rotatable bonds is 2. The lowest BCUT2D eigenvalue weighted by atomic mass is 10.2. The molecule has 1 aliphatic rings. The molecule has 1 fully saturated rings. The minimum atomic E-state index is -1.35. The maximum atomic E-state index is 13.9. The van der Waals surface area contributed by atoms with Crippen molar-refractivity contribution in [2.45, 2.75) is 0 Å². The molecule has 6 nitrogen and oxygen atoms in total. The number of carbonyl (C=O) groups is 2. The van der Waals surface area contributed by atoms with Crippen molar-refractivity contribution in [1.29, 1.82) is 0 Å². The van der Waals surface area contributed by atoms with Crippen molar-refractivity contribution >= 4 is 17.7 Å². The van der Waals surface area contributed by atoms with Gasteiger partial charge in [-0.2, -0.15) is 0 Å². The van der Waals surface area contributed by atoms with Crippen LogP contribution in [0.2, 0.25) is 0 Å². The molecule has 0 spiro atoms. The number of carboxylic acids is 1. The van der Waals surface area contributed by atoms with Gasteiger partial charge in [0.05, 0.1) is 6.54 Å². The predicted octanol–water partition coefficient (Wildman–Crippen LogP) is 0.197. The van der Waals surface area contributed by atoms with Crippen molar-refractivity contribution < 1.29 is 19.1 Å². The molecular weight excluding hydrogens is 241 g/mol. The van der Waals surface area contributed by atoms with Crippen molar-refractivity contribution in [2.24, 2.45) is 0 Å². The van der Waals surface area contributed by atoms with Gasteiger partial charge in [0.2, 0.25) is 5.91 Å². The molecule has 1 saturated heterocycles. The third-order valence-corrected chi connectivity index (χ3v) is 2.86. The molecule has 0 bridgehead atoms. The summed E-state index contributed by atoms with van der Waals surface area (Å²) in [7, 11) is 1.66. The van der Waals surface area contributed by atoms with Gasteiger partial charge in [-0.05, 0) is 6.07 Å². The standard InChI is InChI=1S/C11H12FN3O3/c1-14-4-5-15(6-8(14)16)10-9(12)7(11(17)18)2-3-13-10/h2-3H,4-6H2,1H3,(H,17,18). The first kappa shape index (κ1) is 12.3. The zero-order valence-electron chi connectivity index (χ0n) is 9.76. The van der Waals surface area contributed by atoms with Crippen molar-refractivity contribution in [3.8, 4) is 0 Å². The number of piperazine rings is 1. The van der Waals surface area contributed by atoms with E-state index in [0.717, 1.165) is 6.07 Å². The molecule has 1 N–H and O–H groups in total. The molecule has 2 rings (SSSR count). The maximum absolute atomic E-state index is 13.9. The summed E-state index contributed by atoms with van der Waals surface area (Å²) in [5, 5.41) is 8.82. The Hall–Kier alpha value is -2.18. The van der Waals surface area contributed by atoms with Crippen LogP contribution in [-0.4, -0.2) is 53.5 Å². The quantitative estimate of drug-likeness (QED) is 0.814. The van der Waals surface area contributed by atoms with Crippen LogP contribution < -0.4 is 4.90 Å². The minimum Gasteiger partial charge on any atom is -0.478 e. The second-order valence-electron chi connectivity index (χ2n) is 4.04. The average Bonchev–Trinajstić information content (AvgIpc) is 2.33. The van der Waals surface area contributed by atoms with E-state index in [2.05, 4.69) is 4.98 Å². The number of pyridine rings is 1. The second-order valence-corrected chi connectivity index (χ2v) is 4.04. The number of halogens is 1. The number of nitrogens with zero attached hydrogens (tertiary/aromatic N) is 3. The van der Waals surface area contributed by atoms with E-state index < -0.39 is 17.3 Å². The first-order chi connectivity index (χ1) is 8.50. The summed E-state index contributed by atoms with van der Waals surface area (Å²) >= 11 is 0. The number of amides is 1. The highest BCUT2D eigenvalue weighted by atomic mass is 19.1. The second kappa shape index (κ2) is 4.59. The minimum absolute atomic E-state index is 0.00346. The van der Waals surface area contributed by atoms with Crippen LogP contribution in [0, 0.1) is 5.82 Å². The Morgan fingerprint density at radius 2 is 2.22 bits per heavy atom. The lowest BCUT2D eigenvalue weighted by Crippen LogP contribution is -2.49. The molecule has 1 aromatic heterocycles. The van der Waals surface area contributed by atoms with E-state index in [1.54, 1.807) is 7.05 Å². The number of likely N-dealkylation sites (N-methyl/N-ethyl adjacent to an activating group) is 1. The summed E-state index contributed by atoms with van der Waals surface area (Å²) in [6, 6.07) is 1.10. The van der Waals surface area contributed by atoms with Crippen LogP contribution in [0.25, 0.3) is 0 Å². The average molecular weight is 253 g/mol. The van der Waals surface area contributed by atoms with Crippen molar-refractivity contribution in [1.82, 2.24) is 9.88 Å². The molecule has 96 valence electrons. The zero-order chi connectivity index (χ0) is 13.3. The van der Waals surface area contributed by atoms with Crippen molar-refractivity contribution in [3.63, 3.8) is 0 Å². The lowest BCUT2D eigenvalue weighted by molar-refractivity contribution is -0.129. The van der Waals surface area contributed by atoms with E-state index in [1.807, 2.05) is 0 Å². The molecule has 0 atom stereocenters. The van der Waals surface area contributed by atoms with Gasteiger partial charge in [0, 0.05) is 26.3 Å². The molecule has 0 unspecified atom stereocenters. The number of aromatic carboxylic acids is 1. The maximum Gasteiger partial charge on any atom is 0.338 e. The monoisotopic (exact) mass is 253 g/mol. The van der Waals surface area contributed by atoms with Crippen molar-refractivity contribution in [2.75, 3.05) is 31.6 Å². The van der Waals surface area contributed by atoms with Crippen LogP contribution in [0.5, 0.6) is 0 Å². The molecular formula is C11H12FN3O3. The summed E-state index contributed by atoms with van der Waals surface area (Å²) < 4.78 is 13.9. The van der Waals surface area contributed by atoms with E-state index >= 15 is 0 Å². The number of hydrogen-bond acceptors (Lipinski definition) is 4. The number of anilines is 1. The third-order valence-electron chi connectivity index (χ3n) is 2.86. The highest BCUT2D eigenvalue weighted by Gasteiger charge is 2.26. The fourth-order valence-corrected chi connectivity index (χ4v) is 1.76. The Kier molecular flexibility index (Phi) is 3.14. The molecule has 2 heterocycles. The Labute approximate surface area is 103 Å². The molecule has 0 saturated carbocycles. The van der Waals surface area contributed by atoms with E-state index in [9.17, 15) is 14.0 Å². The molecule has 1 aliphatic heterocycles. The molecule has 0 aliphatic carbocycles. The highest BCUT2D eigenvalue weighted by molar-refractivity contribution is 5.89. The Morgan fingerprint density at radius 1 is 1.50 bits per heavy atom. The van der Waals surface area contributed by atoms with E-state index in [0.29, 0.717) is 13.1 Å². The van der Waals surface area contributed by atoms with Gasteiger partial charge in [-0.3, -0.25) is 4.79 Å². The molecule has 7 heteroatoms.